The van der Waals surface area contributed by atoms with Crippen molar-refractivity contribution < 1.29 is 19.5 Å². The third kappa shape index (κ3) is 3.17. The van der Waals surface area contributed by atoms with Gasteiger partial charge in [0.1, 0.15) is 0 Å². The Morgan fingerprint density at radius 1 is 1.38 bits per heavy atom. The van der Waals surface area contributed by atoms with Crippen LogP contribution in [-0.2, 0) is 4.79 Å². The van der Waals surface area contributed by atoms with Crippen LogP contribution in [0.5, 0.6) is 0 Å². The van der Waals surface area contributed by atoms with Gasteiger partial charge in [0.25, 0.3) is 5.91 Å². The standard InChI is InChI=1S/C16H18ClN3O4/c17-11-3-2-10(8-12(11)20-7-6-18-15(20)24)14(23)19-16(4-1-5-16)9-13(21)22/h2-3,8H,1,4-7,9H2,(H,18,24)(H,19,23)(H,21,22). The molecule has 128 valence electrons. The monoisotopic (exact) mass is 351 g/mol. The van der Waals surface area contributed by atoms with Crippen LogP contribution in [0.1, 0.15) is 36.0 Å². The molecular weight excluding hydrogens is 334 g/mol. The van der Waals surface area contributed by atoms with Crippen LogP contribution < -0.4 is 15.5 Å². The van der Waals surface area contributed by atoms with E-state index < -0.39 is 11.5 Å². The maximum atomic E-state index is 12.5. The summed E-state index contributed by atoms with van der Waals surface area (Å²) in [7, 11) is 0. The highest BCUT2D eigenvalue weighted by Gasteiger charge is 2.40. The Kier molecular flexibility index (Phi) is 4.36. The van der Waals surface area contributed by atoms with E-state index in [2.05, 4.69) is 10.6 Å². The van der Waals surface area contributed by atoms with Gasteiger partial charge in [0.15, 0.2) is 0 Å². The van der Waals surface area contributed by atoms with Crippen molar-refractivity contribution in [3.8, 4) is 0 Å². The largest absolute Gasteiger partial charge is 0.481 e. The van der Waals surface area contributed by atoms with E-state index in [0.717, 1.165) is 6.42 Å². The zero-order valence-corrected chi connectivity index (χ0v) is 13.7. The SMILES string of the molecule is O=C(O)CC1(NC(=O)c2ccc(Cl)c(N3CCNC3=O)c2)CCC1. The minimum absolute atomic E-state index is 0.0896. The molecule has 8 heteroatoms. The summed E-state index contributed by atoms with van der Waals surface area (Å²) in [6.45, 7) is 1.000. The van der Waals surface area contributed by atoms with E-state index >= 15 is 0 Å². The van der Waals surface area contributed by atoms with E-state index in [1.165, 1.54) is 4.90 Å². The van der Waals surface area contributed by atoms with Crippen LogP contribution in [-0.4, -0.2) is 41.6 Å². The summed E-state index contributed by atoms with van der Waals surface area (Å²) in [5, 5.41) is 14.9. The molecule has 1 aliphatic carbocycles. The van der Waals surface area contributed by atoms with Gasteiger partial charge < -0.3 is 15.7 Å². The molecule has 24 heavy (non-hydrogen) atoms. The second kappa shape index (κ2) is 6.32. The molecule has 7 nitrogen and oxygen atoms in total. The molecule has 0 bridgehead atoms. The number of nitrogens with one attached hydrogen (secondary N) is 2. The van der Waals surface area contributed by atoms with Crippen LogP contribution >= 0.6 is 11.6 Å². The lowest BCUT2D eigenvalue weighted by Gasteiger charge is -2.41. The van der Waals surface area contributed by atoms with E-state index in [0.29, 0.717) is 42.2 Å². The van der Waals surface area contributed by atoms with Gasteiger partial charge in [-0.3, -0.25) is 14.5 Å². The van der Waals surface area contributed by atoms with E-state index in [-0.39, 0.29) is 18.4 Å². The molecule has 3 amide bonds. The number of carboxylic acids is 1. The van der Waals surface area contributed by atoms with Gasteiger partial charge in [0.2, 0.25) is 0 Å². The first-order valence-electron chi connectivity index (χ1n) is 7.79. The summed E-state index contributed by atoms with van der Waals surface area (Å²) in [4.78, 5) is 36.8. The summed E-state index contributed by atoms with van der Waals surface area (Å²) < 4.78 is 0. The molecule has 0 spiro atoms. The minimum atomic E-state index is -0.930. The maximum Gasteiger partial charge on any atom is 0.322 e. The van der Waals surface area contributed by atoms with Gasteiger partial charge in [-0.05, 0) is 37.5 Å². The molecule has 0 aromatic heterocycles. The predicted molar refractivity (Wildman–Crippen MR) is 88.5 cm³/mol. The first-order valence-corrected chi connectivity index (χ1v) is 8.17. The van der Waals surface area contributed by atoms with Gasteiger partial charge in [0, 0.05) is 18.7 Å². The van der Waals surface area contributed by atoms with Crippen molar-refractivity contribution in [2.24, 2.45) is 0 Å². The third-order valence-corrected chi connectivity index (χ3v) is 4.85. The second-order valence-electron chi connectivity index (χ2n) is 6.21. The summed E-state index contributed by atoms with van der Waals surface area (Å²) in [6.07, 6.45) is 2.11. The summed E-state index contributed by atoms with van der Waals surface area (Å²) in [6, 6.07) is 4.45. The number of hydrogen-bond donors (Lipinski definition) is 3. The molecule has 1 aromatic rings. The van der Waals surface area contributed by atoms with E-state index in [1.54, 1.807) is 18.2 Å². The molecule has 0 unspecified atom stereocenters. The van der Waals surface area contributed by atoms with E-state index in [4.69, 9.17) is 16.7 Å². The third-order valence-electron chi connectivity index (χ3n) is 4.53. The zero-order valence-electron chi connectivity index (χ0n) is 13.0. The smallest absolute Gasteiger partial charge is 0.322 e. The van der Waals surface area contributed by atoms with Gasteiger partial charge in [-0.2, -0.15) is 0 Å². The Balaban J connectivity index is 1.80. The number of carbonyl (C=O) groups excluding carboxylic acids is 2. The molecular formula is C16H18ClN3O4. The number of aliphatic carboxylic acids is 1. The highest BCUT2D eigenvalue weighted by molar-refractivity contribution is 6.34. The number of carbonyl (C=O) groups is 3. The van der Waals surface area contributed by atoms with Gasteiger partial charge in [-0.25, -0.2) is 4.79 Å². The first kappa shape index (κ1) is 16.6. The maximum absolute atomic E-state index is 12.5. The Labute approximate surface area is 144 Å². The Morgan fingerprint density at radius 2 is 2.12 bits per heavy atom. The molecule has 1 saturated heterocycles. The van der Waals surface area contributed by atoms with Crippen LogP contribution in [0.15, 0.2) is 18.2 Å². The Bertz CT molecular complexity index is 703. The highest BCUT2D eigenvalue weighted by Crippen LogP contribution is 2.35. The van der Waals surface area contributed by atoms with Gasteiger partial charge >= 0.3 is 12.0 Å². The second-order valence-corrected chi connectivity index (χ2v) is 6.62. The number of amides is 3. The zero-order chi connectivity index (χ0) is 17.3. The Hall–Kier alpha value is -2.28. The number of hydrogen-bond acceptors (Lipinski definition) is 3. The van der Waals surface area contributed by atoms with Crippen molar-refractivity contribution in [1.82, 2.24) is 10.6 Å². The topological polar surface area (TPSA) is 98.7 Å². The van der Waals surface area contributed by atoms with Crippen molar-refractivity contribution >= 4 is 35.2 Å². The minimum Gasteiger partial charge on any atom is -0.481 e. The van der Waals surface area contributed by atoms with E-state index in [9.17, 15) is 14.4 Å². The normalized spacial score (nSPS) is 18.7. The van der Waals surface area contributed by atoms with Crippen molar-refractivity contribution in [2.45, 2.75) is 31.2 Å². The van der Waals surface area contributed by atoms with Crippen molar-refractivity contribution in [3.63, 3.8) is 0 Å². The fourth-order valence-corrected chi connectivity index (χ4v) is 3.33. The molecule has 3 N–H and O–H groups in total. The number of anilines is 1. The fraction of sp³-hybridized carbons (Fsp3) is 0.438. The number of carboxylic acid groups (broad SMARTS) is 1. The number of urea groups is 1. The first-order chi connectivity index (χ1) is 11.4. The molecule has 1 aromatic carbocycles. The number of benzene rings is 1. The highest BCUT2D eigenvalue weighted by atomic mass is 35.5. The van der Waals surface area contributed by atoms with Crippen LogP contribution in [0.2, 0.25) is 5.02 Å². The lowest BCUT2D eigenvalue weighted by molar-refractivity contribution is -0.139. The van der Waals surface area contributed by atoms with E-state index in [1.807, 2.05) is 0 Å². The van der Waals surface area contributed by atoms with Crippen LogP contribution in [0.4, 0.5) is 10.5 Å². The predicted octanol–water partition coefficient (Wildman–Crippen LogP) is 2.00. The quantitative estimate of drug-likeness (QED) is 0.755. The van der Waals surface area contributed by atoms with Crippen molar-refractivity contribution in [1.29, 1.82) is 0 Å². The van der Waals surface area contributed by atoms with Gasteiger partial charge in [-0.15, -0.1) is 0 Å². The van der Waals surface area contributed by atoms with Crippen molar-refractivity contribution in [2.75, 3.05) is 18.0 Å². The average Bonchev–Trinajstić information content (AvgIpc) is 2.91. The molecule has 2 aliphatic rings. The van der Waals surface area contributed by atoms with Gasteiger partial charge in [-0.1, -0.05) is 11.6 Å². The van der Waals surface area contributed by atoms with Crippen LogP contribution in [0.3, 0.4) is 0 Å². The molecule has 1 heterocycles. The Morgan fingerprint density at radius 3 is 2.67 bits per heavy atom. The van der Waals surface area contributed by atoms with Crippen LogP contribution in [0.25, 0.3) is 0 Å². The number of halogens is 1. The molecule has 0 radical (unpaired) electrons. The summed E-state index contributed by atoms with van der Waals surface area (Å²) in [5.41, 5.74) is 0.152. The molecule has 0 atom stereocenters. The fourth-order valence-electron chi connectivity index (χ4n) is 3.11. The molecule has 1 saturated carbocycles. The lowest BCUT2D eigenvalue weighted by atomic mass is 9.74. The van der Waals surface area contributed by atoms with Crippen LogP contribution in [0, 0.1) is 0 Å². The number of rotatable bonds is 5. The average molecular weight is 352 g/mol. The van der Waals surface area contributed by atoms with Gasteiger partial charge in [0.05, 0.1) is 22.7 Å². The number of nitrogens with zero attached hydrogens (tertiary/aromatic N) is 1. The lowest BCUT2D eigenvalue weighted by Crippen LogP contribution is -2.54. The van der Waals surface area contributed by atoms with Crippen molar-refractivity contribution in [3.05, 3.63) is 28.8 Å². The summed E-state index contributed by atoms with van der Waals surface area (Å²) in [5.74, 6) is -1.28. The molecule has 2 fully saturated rings. The molecule has 1 aliphatic heterocycles. The molecule has 3 rings (SSSR count). The summed E-state index contributed by atoms with van der Waals surface area (Å²) >= 11 is 6.16.